The van der Waals surface area contributed by atoms with E-state index in [0.717, 1.165) is 53.9 Å². The molecular formula is C18H20N8O. The first-order valence-electron chi connectivity index (χ1n) is 9.19. The predicted molar refractivity (Wildman–Crippen MR) is 99.6 cm³/mol. The number of hydrogen-bond donors (Lipinski definition) is 1. The molecule has 1 fully saturated rings. The smallest absolute Gasteiger partial charge is 0.185 e. The van der Waals surface area contributed by atoms with E-state index in [-0.39, 0.29) is 6.61 Å². The number of nitrogens with zero attached hydrogens (tertiary/aromatic N) is 8. The third-order valence-corrected chi connectivity index (χ3v) is 5.21. The van der Waals surface area contributed by atoms with Crippen LogP contribution in [0.3, 0.4) is 0 Å². The highest BCUT2D eigenvalue weighted by atomic mass is 16.3. The van der Waals surface area contributed by atoms with E-state index in [1.54, 1.807) is 10.8 Å². The van der Waals surface area contributed by atoms with Crippen molar-refractivity contribution in [2.24, 2.45) is 0 Å². The zero-order valence-corrected chi connectivity index (χ0v) is 14.8. The molecule has 0 spiro atoms. The molecule has 0 saturated carbocycles. The van der Waals surface area contributed by atoms with Crippen molar-refractivity contribution in [2.45, 2.75) is 25.3 Å². The van der Waals surface area contributed by atoms with Gasteiger partial charge in [0, 0.05) is 43.1 Å². The number of hydrogen-bond acceptors (Lipinski definition) is 7. The predicted octanol–water partition coefficient (Wildman–Crippen LogP) is 1.25. The highest BCUT2D eigenvalue weighted by Gasteiger charge is 2.24. The SMILES string of the molecule is OCCc1cn(C2CCN(c3nn4cnnc4c4ccccc34)CC2)nn1. The lowest BCUT2D eigenvalue weighted by Crippen LogP contribution is -2.35. The minimum absolute atomic E-state index is 0.0987. The van der Waals surface area contributed by atoms with Crippen LogP contribution in [0.5, 0.6) is 0 Å². The molecule has 1 saturated heterocycles. The molecule has 1 aliphatic heterocycles. The number of anilines is 1. The molecule has 0 bridgehead atoms. The van der Waals surface area contributed by atoms with Gasteiger partial charge in [0.1, 0.15) is 6.33 Å². The molecule has 0 unspecified atom stereocenters. The van der Waals surface area contributed by atoms with Crippen molar-refractivity contribution in [1.82, 2.24) is 34.8 Å². The van der Waals surface area contributed by atoms with E-state index >= 15 is 0 Å². The Balaban J connectivity index is 1.41. The van der Waals surface area contributed by atoms with Gasteiger partial charge in [0.05, 0.1) is 11.7 Å². The minimum atomic E-state index is 0.0987. The molecular weight excluding hydrogens is 344 g/mol. The second-order valence-corrected chi connectivity index (χ2v) is 6.85. The van der Waals surface area contributed by atoms with E-state index in [0.29, 0.717) is 12.5 Å². The quantitative estimate of drug-likeness (QED) is 0.582. The Kier molecular flexibility index (Phi) is 3.93. The fraction of sp³-hybridized carbons (Fsp3) is 0.389. The van der Waals surface area contributed by atoms with Crippen molar-refractivity contribution in [3.05, 3.63) is 42.5 Å². The van der Waals surface area contributed by atoms with Gasteiger partial charge in [-0.05, 0) is 12.8 Å². The second-order valence-electron chi connectivity index (χ2n) is 6.85. The van der Waals surface area contributed by atoms with Crippen LogP contribution >= 0.6 is 0 Å². The topological polar surface area (TPSA) is 97.3 Å². The first-order valence-corrected chi connectivity index (χ1v) is 9.19. The fourth-order valence-corrected chi connectivity index (χ4v) is 3.81. The van der Waals surface area contributed by atoms with Crippen molar-refractivity contribution in [3.63, 3.8) is 0 Å². The summed E-state index contributed by atoms with van der Waals surface area (Å²) in [6, 6.07) is 8.53. The van der Waals surface area contributed by atoms with Gasteiger partial charge in [0.15, 0.2) is 11.5 Å². The summed E-state index contributed by atoms with van der Waals surface area (Å²) in [5.74, 6) is 0.968. The van der Waals surface area contributed by atoms with Crippen molar-refractivity contribution in [2.75, 3.05) is 24.6 Å². The van der Waals surface area contributed by atoms with Gasteiger partial charge in [0.25, 0.3) is 0 Å². The van der Waals surface area contributed by atoms with Crippen molar-refractivity contribution in [3.8, 4) is 0 Å². The van der Waals surface area contributed by atoms with Crippen molar-refractivity contribution in [1.29, 1.82) is 0 Å². The minimum Gasteiger partial charge on any atom is -0.396 e. The molecule has 1 aromatic carbocycles. The molecule has 5 rings (SSSR count). The molecule has 9 heteroatoms. The van der Waals surface area contributed by atoms with Gasteiger partial charge in [-0.25, -0.2) is 4.68 Å². The first-order chi connectivity index (χ1) is 13.3. The lowest BCUT2D eigenvalue weighted by atomic mass is 10.0. The summed E-state index contributed by atoms with van der Waals surface area (Å²) in [5, 5.41) is 32.6. The number of aliphatic hydroxyl groups is 1. The maximum Gasteiger partial charge on any atom is 0.185 e. The molecule has 138 valence electrons. The summed E-state index contributed by atoms with van der Waals surface area (Å²) in [4.78, 5) is 2.32. The first kappa shape index (κ1) is 16.1. The lowest BCUT2D eigenvalue weighted by Gasteiger charge is -2.33. The van der Waals surface area contributed by atoms with Crippen LogP contribution in [-0.2, 0) is 6.42 Å². The van der Waals surface area contributed by atoms with Crippen LogP contribution in [-0.4, -0.2) is 59.6 Å². The maximum absolute atomic E-state index is 9.04. The van der Waals surface area contributed by atoms with Crippen molar-refractivity contribution < 1.29 is 5.11 Å². The number of rotatable bonds is 4. The largest absolute Gasteiger partial charge is 0.396 e. The molecule has 27 heavy (non-hydrogen) atoms. The van der Waals surface area contributed by atoms with E-state index in [1.165, 1.54) is 0 Å². The standard InChI is InChI=1S/C18H20N8O/c27-10-7-13-11-25(23-20-13)14-5-8-24(9-6-14)18-16-4-2-1-3-15(16)17-21-19-12-26(17)22-18/h1-4,11-12,14,27H,5-10H2. The Morgan fingerprint density at radius 2 is 1.89 bits per heavy atom. The van der Waals surface area contributed by atoms with Crippen LogP contribution in [0, 0.1) is 0 Å². The third-order valence-electron chi connectivity index (χ3n) is 5.21. The Morgan fingerprint density at radius 3 is 2.70 bits per heavy atom. The molecule has 4 heterocycles. The Morgan fingerprint density at radius 1 is 1.07 bits per heavy atom. The fourth-order valence-electron chi connectivity index (χ4n) is 3.81. The summed E-state index contributed by atoms with van der Waals surface area (Å²) in [5.41, 5.74) is 1.62. The Bertz CT molecular complexity index is 1080. The molecule has 9 nitrogen and oxygen atoms in total. The molecule has 0 radical (unpaired) electrons. The number of aromatic nitrogens is 7. The molecule has 4 aromatic rings. The van der Waals surface area contributed by atoms with Crippen LogP contribution in [0.1, 0.15) is 24.6 Å². The molecule has 0 atom stereocenters. The normalized spacial score (nSPS) is 15.8. The summed E-state index contributed by atoms with van der Waals surface area (Å²) in [7, 11) is 0. The van der Waals surface area contributed by atoms with E-state index in [4.69, 9.17) is 10.2 Å². The number of piperidine rings is 1. The van der Waals surface area contributed by atoms with Crippen LogP contribution < -0.4 is 4.90 Å². The third kappa shape index (κ3) is 2.80. The van der Waals surface area contributed by atoms with Crippen LogP contribution in [0.2, 0.25) is 0 Å². The van der Waals surface area contributed by atoms with Gasteiger partial charge in [-0.15, -0.1) is 20.4 Å². The number of aliphatic hydroxyl groups excluding tert-OH is 1. The van der Waals surface area contributed by atoms with Gasteiger partial charge >= 0.3 is 0 Å². The molecule has 1 aliphatic rings. The number of fused-ring (bicyclic) bond motifs is 3. The summed E-state index contributed by atoms with van der Waals surface area (Å²) >= 11 is 0. The van der Waals surface area contributed by atoms with E-state index in [2.05, 4.69) is 37.5 Å². The van der Waals surface area contributed by atoms with Gasteiger partial charge in [-0.2, -0.15) is 4.52 Å². The van der Waals surface area contributed by atoms with Gasteiger partial charge in [-0.3, -0.25) is 0 Å². The highest BCUT2D eigenvalue weighted by Crippen LogP contribution is 2.31. The zero-order chi connectivity index (χ0) is 18.2. The van der Waals surface area contributed by atoms with Gasteiger partial charge in [-0.1, -0.05) is 29.5 Å². The average Bonchev–Trinajstić information content (AvgIpc) is 3.37. The molecule has 0 aliphatic carbocycles. The molecule has 1 N–H and O–H groups in total. The van der Waals surface area contributed by atoms with Gasteiger partial charge in [0.2, 0.25) is 0 Å². The van der Waals surface area contributed by atoms with Crippen molar-refractivity contribution >= 4 is 22.2 Å². The van der Waals surface area contributed by atoms with E-state index in [1.807, 2.05) is 23.0 Å². The van der Waals surface area contributed by atoms with Crippen LogP contribution in [0.15, 0.2) is 36.8 Å². The maximum atomic E-state index is 9.04. The second kappa shape index (κ2) is 6.58. The van der Waals surface area contributed by atoms with Crippen LogP contribution in [0.25, 0.3) is 16.4 Å². The summed E-state index contributed by atoms with van der Waals surface area (Å²) < 4.78 is 3.69. The Hall–Kier alpha value is -3.07. The highest BCUT2D eigenvalue weighted by molar-refractivity contribution is 6.00. The number of benzene rings is 1. The van der Waals surface area contributed by atoms with E-state index in [9.17, 15) is 0 Å². The Labute approximate surface area is 155 Å². The zero-order valence-electron chi connectivity index (χ0n) is 14.8. The van der Waals surface area contributed by atoms with Gasteiger partial charge < -0.3 is 10.0 Å². The lowest BCUT2D eigenvalue weighted by molar-refractivity contribution is 0.298. The summed E-state index contributed by atoms with van der Waals surface area (Å²) in [6.45, 7) is 1.89. The monoisotopic (exact) mass is 364 g/mol. The van der Waals surface area contributed by atoms with E-state index < -0.39 is 0 Å². The summed E-state index contributed by atoms with van der Waals surface area (Å²) in [6.07, 6.45) is 6.09. The van der Waals surface area contributed by atoms with Crippen LogP contribution in [0.4, 0.5) is 5.82 Å². The molecule has 0 amide bonds. The molecule has 3 aromatic heterocycles. The average molecular weight is 364 g/mol.